The van der Waals surface area contributed by atoms with Crippen LogP contribution in [0.5, 0.6) is 0 Å². The molecule has 0 spiro atoms. The predicted molar refractivity (Wildman–Crippen MR) is 77.4 cm³/mol. The van der Waals surface area contributed by atoms with Crippen molar-refractivity contribution in [3.8, 4) is 0 Å². The Bertz CT molecular complexity index is 364. The molecule has 0 aromatic carbocycles. The molecule has 3 atom stereocenters. The van der Waals surface area contributed by atoms with E-state index in [1.54, 1.807) is 13.8 Å². The molecule has 0 bridgehead atoms. The highest BCUT2D eigenvalue weighted by Gasteiger charge is 2.33. The summed E-state index contributed by atoms with van der Waals surface area (Å²) in [5.74, 6) is -0.601. The lowest BCUT2D eigenvalue weighted by Gasteiger charge is -2.43. The second kappa shape index (κ2) is 8.12. The molecule has 8 heteroatoms. The molecule has 0 aliphatic carbocycles. The van der Waals surface area contributed by atoms with Gasteiger partial charge in [-0.25, -0.2) is 0 Å². The van der Waals surface area contributed by atoms with Gasteiger partial charge in [0.25, 0.3) is 0 Å². The molecule has 0 unspecified atom stereocenters. The highest BCUT2D eigenvalue weighted by Crippen LogP contribution is 2.16. The number of aliphatic hydroxyl groups excluding tert-OH is 1. The highest BCUT2D eigenvalue weighted by atomic mass is 19.4. The Morgan fingerprint density at radius 2 is 2.00 bits per heavy atom. The zero-order chi connectivity index (χ0) is 16.9. The minimum atomic E-state index is -4.39. The van der Waals surface area contributed by atoms with Crippen LogP contribution in [0.4, 0.5) is 13.2 Å². The van der Waals surface area contributed by atoms with Crippen molar-refractivity contribution >= 4 is 5.91 Å². The van der Waals surface area contributed by atoms with Gasteiger partial charge < -0.3 is 10.4 Å². The van der Waals surface area contributed by atoms with E-state index in [2.05, 4.69) is 4.90 Å². The fourth-order valence-corrected chi connectivity index (χ4v) is 2.74. The van der Waals surface area contributed by atoms with E-state index in [1.165, 1.54) is 0 Å². The third-order valence-corrected chi connectivity index (χ3v) is 4.00. The number of alkyl halides is 3. The molecule has 0 aromatic heterocycles. The molecule has 1 fully saturated rings. The summed E-state index contributed by atoms with van der Waals surface area (Å²) in [5, 5.41) is 11.4. The largest absolute Gasteiger partial charge is 0.405 e. The predicted octanol–water partition coefficient (Wildman–Crippen LogP) is 0.830. The van der Waals surface area contributed by atoms with Crippen molar-refractivity contribution in [1.29, 1.82) is 0 Å². The molecule has 130 valence electrons. The van der Waals surface area contributed by atoms with Gasteiger partial charge in [-0.3, -0.25) is 14.6 Å². The van der Waals surface area contributed by atoms with Gasteiger partial charge in [-0.05, 0) is 20.3 Å². The average molecular weight is 325 g/mol. The summed E-state index contributed by atoms with van der Waals surface area (Å²) < 4.78 is 36.5. The van der Waals surface area contributed by atoms with Gasteiger partial charge in [-0.15, -0.1) is 0 Å². The first-order chi connectivity index (χ1) is 10.1. The Morgan fingerprint density at radius 1 is 1.36 bits per heavy atom. The molecule has 1 amide bonds. The van der Waals surface area contributed by atoms with Crippen molar-refractivity contribution in [3.05, 3.63) is 0 Å². The van der Waals surface area contributed by atoms with Crippen LogP contribution in [0, 0.1) is 0 Å². The quantitative estimate of drug-likeness (QED) is 0.760. The number of rotatable bonds is 6. The number of nitrogens with zero attached hydrogens (tertiary/aromatic N) is 2. The molecular weight excluding hydrogens is 299 g/mol. The number of nitrogens with one attached hydrogen (secondary N) is 1. The SMILES string of the molecule is CC[C@@H]1CN([C@H](C)C(=O)NCC(F)(F)F)CCN1C[C@@H](C)O. The van der Waals surface area contributed by atoms with Gasteiger partial charge in [-0.1, -0.05) is 6.92 Å². The van der Waals surface area contributed by atoms with E-state index in [9.17, 15) is 23.1 Å². The van der Waals surface area contributed by atoms with Crippen LogP contribution in [-0.2, 0) is 4.79 Å². The Hall–Kier alpha value is -0.860. The van der Waals surface area contributed by atoms with Gasteiger partial charge in [0, 0.05) is 32.2 Å². The van der Waals surface area contributed by atoms with Crippen molar-refractivity contribution in [2.75, 3.05) is 32.7 Å². The van der Waals surface area contributed by atoms with E-state index < -0.39 is 30.8 Å². The first-order valence-electron chi connectivity index (χ1n) is 7.64. The zero-order valence-electron chi connectivity index (χ0n) is 13.4. The van der Waals surface area contributed by atoms with E-state index >= 15 is 0 Å². The topological polar surface area (TPSA) is 55.8 Å². The third-order valence-electron chi connectivity index (χ3n) is 4.00. The standard InChI is InChI=1S/C14H26F3N3O2/c1-4-12-8-19(5-6-20(12)7-10(2)21)11(3)13(22)18-9-14(15,16)17/h10-12,21H,4-9H2,1-3H3,(H,18,22)/t10-,11-,12-/m1/s1. The number of carbonyl (C=O) groups excluding carboxylic acids is 1. The highest BCUT2D eigenvalue weighted by molar-refractivity contribution is 5.81. The van der Waals surface area contributed by atoms with Crippen LogP contribution in [-0.4, -0.2) is 77.9 Å². The zero-order valence-corrected chi connectivity index (χ0v) is 13.4. The fraction of sp³-hybridized carbons (Fsp3) is 0.929. The smallest absolute Gasteiger partial charge is 0.392 e. The minimum Gasteiger partial charge on any atom is -0.392 e. The van der Waals surface area contributed by atoms with Gasteiger partial charge in [0.05, 0.1) is 12.1 Å². The Morgan fingerprint density at radius 3 is 2.50 bits per heavy atom. The summed E-state index contributed by atoms with van der Waals surface area (Å²) in [4.78, 5) is 15.9. The number of aliphatic hydroxyl groups is 1. The van der Waals surface area contributed by atoms with E-state index in [0.717, 1.165) is 6.42 Å². The maximum absolute atomic E-state index is 12.2. The van der Waals surface area contributed by atoms with E-state index in [1.807, 2.05) is 17.1 Å². The lowest BCUT2D eigenvalue weighted by atomic mass is 10.1. The van der Waals surface area contributed by atoms with Crippen molar-refractivity contribution in [1.82, 2.24) is 15.1 Å². The van der Waals surface area contributed by atoms with Crippen LogP contribution in [0.25, 0.3) is 0 Å². The number of carbonyl (C=O) groups is 1. The Kier molecular flexibility index (Phi) is 7.08. The number of piperazine rings is 1. The number of β-amino-alcohol motifs (C(OH)–C–C–N with tert-alkyl or cyclic N) is 1. The Labute approximate surface area is 129 Å². The van der Waals surface area contributed by atoms with Crippen LogP contribution >= 0.6 is 0 Å². The second-order valence-corrected chi connectivity index (χ2v) is 5.91. The summed E-state index contributed by atoms with van der Waals surface area (Å²) in [6.45, 7) is 6.57. The average Bonchev–Trinajstić information content (AvgIpc) is 2.43. The third kappa shape index (κ3) is 6.10. The van der Waals surface area contributed by atoms with E-state index in [-0.39, 0.29) is 6.04 Å². The van der Waals surface area contributed by atoms with Gasteiger partial charge >= 0.3 is 6.18 Å². The monoisotopic (exact) mass is 325 g/mol. The first kappa shape index (κ1) is 19.2. The van der Waals surface area contributed by atoms with E-state index in [0.29, 0.717) is 26.2 Å². The normalized spacial score (nSPS) is 24.0. The molecule has 1 heterocycles. The summed E-state index contributed by atoms with van der Waals surface area (Å²) >= 11 is 0. The molecule has 22 heavy (non-hydrogen) atoms. The lowest BCUT2D eigenvalue weighted by molar-refractivity contribution is -0.142. The van der Waals surface area contributed by atoms with Crippen molar-refractivity contribution < 1.29 is 23.1 Å². The molecule has 1 aliphatic rings. The maximum atomic E-state index is 12.2. The summed E-state index contributed by atoms with van der Waals surface area (Å²) in [5.41, 5.74) is 0. The molecule has 1 saturated heterocycles. The van der Waals surface area contributed by atoms with E-state index in [4.69, 9.17) is 0 Å². The molecule has 0 radical (unpaired) electrons. The van der Waals surface area contributed by atoms with Crippen LogP contribution in [0.15, 0.2) is 0 Å². The van der Waals surface area contributed by atoms with Gasteiger partial charge in [0.2, 0.25) is 5.91 Å². The molecule has 5 nitrogen and oxygen atoms in total. The Balaban J connectivity index is 2.54. The van der Waals surface area contributed by atoms with Crippen LogP contribution in [0.2, 0.25) is 0 Å². The summed E-state index contributed by atoms with van der Waals surface area (Å²) in [7, 11) is 0. The summed E-state index contributed by atoms with van der Waals surface area (Å²) in [6, 6.07) is -0.397. The molecule has 0 aromatic rings. The maximum Gasteiger partial charge on any atom is 0.405 e. The van der Waals surface area contributed by atoms with Crippen LogP contribution in [0.3, 0.4) is 0 Å². The number of hydrogen-bond donors (Lipinski definition) is 2. The minimum absolute atomic E-state index is 0.196. The van der Waals surface area contributed by atoms with Gasteiger partial charge in [0.1, 0.15) is 6.54 Å². The van der Waals surface area contributed by atoms with Gasteiger partial charge in [0.15, 0.2) is 0 Å². The van der Waals surface area contributed by atoms with Crippen molar-refractivity contribution in [2.24, 2.45) is 0 Å². The molecule has 0 saturated carbocycles. The number of hydrogen-bond acceptors (Lipinski definition) is 4. The van der Waals surface area contributed by atoms with Crippen molar-refractivity contribution in [3.63, 3.8) is 0 Å². The second-order valence-electron chi connectivity index (χ2n) is 5.91. The van der Waals surface area contributed by atoms with Crippen molar-refractivity contribution in [2.45, 2.75) is 51.6 Å². The molecule has 1 aliphatic heterocycles. The molecule has 1 rings (SSSR count). The lowest BCUT2D eigenvalue weighted by Crippen LogP contribution is -2.59. The number of amides is 1. The summed E-state index contributed by atoms with van der Waals surface area (Å²) in [6.07, 6.45) is -3.95. The molecular formula is C14H26F3N3O2. The van der Waals surface area contributed by atoms with Crippen LogP contribution < -0.4 is 5.32 Å². The molecule has 2 N–H and O–H groups in total. The van der Waals surface area contributed by atoms with Gasteiger partial charge in [-0.2, -0.15) is 13.2 Å². The van der Waals surface area contributed by atoms with Crippen LogP contribution in [0.1, 0.15) is 27.2 Å². The first-order valence-corrected chi connectivity index (χ1v) is 7.64. The fourth-order valence-electron chi connectivity index (χ4n) is 2.74. The number of halogens is 3.